The highest BCUT2D eigenvalue weighted by molar-refractivity contribution is 5.74. The Labute approximate surface area is 87.6 Å². The van der Waals surface area contributed by atoms with E-state index < -0.39 is 18.8 Å². The normalized spacial score (nSPS) is 13.5. The lowest BCUT2D eigenvalue weighted by molar-refractivity contribution is -0.123. The molecule has 15 heavy (non-hydrogen) atoms. The van der Waals surface area contributed by atoms with Crippen LogP contribution in [0.15, 0.2) is 0 Å². The van der Waals surface area contributed by atoms with E-state index in [0.29, 0.717) is 0 Å². The van der Waals surface area contributed by atoms with Crippen molar-refractivity contribution in [1.29, 1.82) is 0 Å². The summed E-state index contributed by atoms with van der Waals surface area (Å²) in [7, 11) is 1.49. The molecule has 0 rings (SSSR count). The smallest absolute Gasteiger partial charge is 0.329 e. The molecule has 3 nitrogen and oxygen atoms in total. The van der Waals surface area contributed by atoms with E-state index in [-0.39, 0.29) is 6.04 Å². The van der Waals surface area contributed by atoms with Gasteiger partial charge in [0.2, 0.25) is 0 Å². The Morgan fingerprint density at radius 3 is 2.40 bits per heavy atom. The minimum Gasteiger partial charge on any atom is -0.329 e. The molecular formula is C9H17F3N2O. The number of amides is 2. The van der Waals surface area contributed by atoms with Crippen molar-refractivity contribution in [1.82, 2.24) is 10.2 Å². The molecule has 0 heterocycles. The topological polar surface area (TPSA) is 32.3 Å². The lowest BCUT2D eigenvalue weighted by Gasteiger charge is -2.25. The predicted molar refractivity (Wildman–Crippen MR) is 51.6 cm³/mol. The van der Waals surface area contributed by atoms with Gasteiger partial charge in [0.15, 0.2) is 0 Å². The van der Waals surface area contributed by atoms with E-state index in [9.17, 15) is 18.0 Å². The standard InChI is InChI=1S/C9H17F3N2O/c1-4-5-7(2)14(3)8(15)13-6-9(10,11)12/h7H,4-6H2,1-3H3,(H,13,15). The molecule has 1 N–H and O–H groups in total. The highest BCUT2D eigenvalue weighted by Crippen LogP contribution is 2.12. The van der Waals surface area contributed by atoms with Crippen molar-refractivity contribution in [2.24, 2.45) is 0 Å². The summed E-state index contributed by atoms with van der Waals surface area (Å²) in [6.07, 6.45) is -2.70. The molecule has 0 aliphatic carbocycles. The molecule has 0 fully saturated rings. The number of halogens is 3. The highest BCUT2D eigenvalue weighted by Gasteiger charge is 2.28. The number of hydrogen-bond acceptors (Lipinski definition) is 1. The molecule has 0 aromatic rings. The maximum absolute atomic E-state index is 11.8. The number of carbonyl (C=O) groups is 1. The van der Waals surface area contributed by atoms with Crippen molar-refractivity contribution in [2.45, 2.75) is 38.9 Å². The SMILES string of the molecule is CCCC(C)N(C)C(=O)NCC(F)(F)F. The Morgan fingerprint density at radius 2 is 2.00 bits per heavy atom. The van der Waals surface area contributed by atoms with Crippen LogP contribution >= 0.6 is 0 Å². The lowest BCUT2D eigenvalue weighted by Crippen LogP contribution is -2.45. The van der Waals surface area contributed by atoms with Crippen LogP contribution in [0.4, 0.5) is 18.0 Å². The van der Waals surface area contributed by atoms with Crippen LogP contribution in [0.25, 0.3) is 0 Å². The van der Waals surface area contributed by atoms with Gasteiger partial charge in [0.25, 0.3) is 0 Å². The fourth-order valence-electron chi connectivity index (χ4n) is 1.11. The third-order valence-electron chi connectivity index (χ3n) is 2.13. The molecule has 0 spiro atoms. The highest BCUT2D eigenvalue weighted by atomic mass is 19.4. The third kappa shape index (κ3) is 6.19. The fraction of sp³-hybridized carbons (Fsp3) is 0.889. The number of alkyl halides is 3. The zero-order chi connectivity index (χ0) is 12.1. The predicted octanol–water partition coefficient (Wildman–Crippen LogP) is 2.38. The molecule has 1 atom stereocenters. The van der Waals surface area contributed by atoms with Crippen LogP contribution in [0.5, 0.6) is 0 Å². The monoisotopic (exact) mass is 226 g/mol. The van der Waals surface area contributed by atoms with E-state index in [2.05, 4.69) is 0 Å². The first kappa shape index (κ1) is 14.1. The zero-order valence-corrected chi connectivity index (χ0v) is 9.19. The zero-order valence-electron chi connectivity index (χ0n) is 9.19. The van der Waals surface area contributed by atoms with Gasteiger partial charge in [-0.05, 0) is 13.3 Å². The van der Waals surface area contributed by atoms with Crippen molar-refractivity contribution in [2.75, 3.05) is 13.6 Å². The van der Waals surface area contributed by atoms with Gasteiger partial charge >= 0.3 is 12.2 Å². The summed E-state index contributed by atoms with van der Waals surface area (Å²) in [4.78, 5) is 12.5. The number of nitrogens with one attached hydrogen (secondary N) is 1. The molecule has 1 unspecified atom stereocenters. The molecule has 0 aliphatic rings. The summed E-state index contributed by atoms with van der Waals surface area (Å²) >= 11 is 0. The van der Waals surface area contributed by atoms with Crippen LogP contribution in [0.3, 0.4) is 0 Å². The van der Waals surface area contributed by atoms with Crippen molar-refractivity contribution in [3.63, 3.8) is 0 Å². The lowest BCUT2D eigenvalue weighted by atomic mass is 10.2. The van der Waals surface area contributed by atoms with Gasteiger partial charge in [-0.15, -0.1) is 0 Å². The Kier molecular flexibility index (Phi) is 5.46. The van der Waals surface area contributed by atoms with E-state index in [1.165, 1.54) is 11.9 Å². The van der Waals surface area contributed by atoms with Crippen molar-refractivity contribution < 1.29 is 18.0 Å². The van der Waals surface area contributed by atoms with E-state index in [4.69, 9.17) is 0 Å². The number of rotatable bonds is 4. The van der Waals surface area contributed by atoms with Gasteiger partial charge in [-0.2, -0.15) is 13.2 Å². The first-order valence-corrected chi connectivity index (χ1v) is 4.85. The Morgan fingerprint density at radius 1 is 1.47 bits per heavy atom. The van der Waals surface area contributed by atoms with Crippen molar-refractivity contribution in [3.8, 4) is 0 Å². The third-order valence-corrected chi connectivity index (χ3v) is 2.13. The first-order chi connectivity index (χ1) is 6.78. The van der Waals surface area contributed by atoms with Crippen molar-refractivity contribution in [3.05, 3.63) is 0 Å². The summed E-state index contributed by atoms with van der Waals surface area (Å²) in [5.74, 6) is 0. The Balaban J connectivity index is 3.99. The average molecular weight is 226 g/mol. The summed E-state index contributed by atoms with van der Waals surface area (Å²) in [6, 6.07) is -0.739. The molecule has 0 saturated carbocycles. The average Bonchev–Trinajstić information content (AvgIpc) is 2.12. The number of carbonyl (C=O) groups excluding carboxylic acids is 1. The molecule has 0 radical (unpaired) electrons. The van der Waals surface area contributed by atoms with Gasteiger partial charge in [-0.3, -0.25) is 0 Å². The van der Waals surface area contributed by atoms with E-state index >= 15 is 0 Å². The molecule has 0 bridgehead atoms. The minimum atomic E-state index is -4.36. The van der Waals surface area contributed by atoms with Gasteiger partial charge in [0.1, 0.15) is 6.54 Å². The van der Waals surface area contributed by atoms with Crippen LogP contribution in [0.1, 0.15) is 26.7 Å². The molecule has 90 valence electrons. The van der Waals surface area contributed by atoms with E-state index in [0.717, 1.165) is 12.8 Å². The van der Waals surface area contributed by atoms with E-state index in [1.807, 2.05) is 12.2 Å². The molecule has 6 heteroatoms. The van der Waals surface area contributed by atoms with Crippen LogP contribution in [-0.2, 0) is 0 Å². The van der Waals surface area contributed by atoms with Gasteiger partial charge in [0, 0.05) is 13.1 Å². The summed E-state index contributed by atoms with van der Waals surface area (Å²) < 4.78 is 35.4. The first-order valence-electron chi connectivity index (χ1n) is 4.85. The molecule has 2 amide bonds. The van der Waals surface area contributed by atoms with Crippen LogP contribution in [0.2, 0.25) is 0 Å². The van der Waals surface area contributed by atoms with Gasteiger partial charge in [-0.25, -0.2) is 4.79 Å². The fourth-order valence-corrected chi connectivity index (χ4v) is 1.11. The van der Waals surface area contributed by atoms with Gasteiger partial charge < -0.3 is 10.2 Å². The molecule has 0 aromatic carbocycles. The second-order valence-corrected chi connectivity index (χ2v) is 3.52. The molecule has 0 aromatic heterocycles. The number of hydrogen-bond donors (Lipinski definition) is 1. The maximum atomic E-state index is 11.8. The minimum absolute atomic E-state index is 0.0526. The van der Waals surface area contributed by atoms with Gasteiger partial charge in [0.05, 0.1) is 0 Å². The summed E-state index contributed by atoms with van der Waals surface area (Å²) in [5, 5.41) is 1.82. The van der Waals surface area contributed by atoms with Crippen LogP contribution in [0, 0.1) is 0 Å². The quantitative estimate of drug-likeness (QED) is 0.784. The maximum Gasteiger partial charge on any atom is 0.405 e. The Bertz CT molecular complexity index is 206. The van der Waals surface area contributed by atoms with Crippen molar-refractivity contribution >= 4 is 6.03 Å². The van der Waals surface area contributed by atoms with Gasteiger partial charge in [-0.1, -0.05) is 13.3 Å². The Hall–Kier alpha value is -0.940. The molecule has 0 saturated heterocycles. The number of urea groups is 1. The summed E-state index contributed by atoms with van der Waals surface area (Å²) in [5.41, 5.74) is 0. The summed E-state index contributed by atoms with van der Waals surface area (Å²) in [6.45, 7) is 2.48. The van der Waals surface area contributed by atoms with E-state index in [1.54, 1.807) is 6.92 Å². The molecular weight excluding hydrogens is 209 g/mol. The molecule has 0 aliphatic heterocycles. The van der Waals surface area contributed by atoms with Crippen LogP contribution < -0.4 is 5.32 Å². The largest absolute Gasteiger partial charge is 0.405 e. The second-order valence-electron chi connectivity index (χ2n) is 3.52. The second kappa shape index (κ2) is 5.82. The number of nitrogens with zero attached hydrogens (tertiary/aromatic N) is 1. The van der Waals surface area contributed by atoms with Crippen LogP contribution in [-0.4, -0.2) is 36.7 Å².